The van der Waals surface area contributed by atoms with Crippen molar-refractivity contribution in [1.82, 2.24) is 4.90 Å². The number of hydrogen-bond acceptors (Lipinski definition) is 6. The molecule has 7 heteroatoms. The standard InChI is InChI=1S/C19H26N2O5/c1-4-25-18(23)15-9-11-21(12-10-15)17(22)13-26-19(24)14-5-7-16(8-6-14)20(2)3/h5-8,15H,4,9-13H2,1-3H3. The first-order valence-electron chi connectivity index (χ1n) is 8.81. The minimum absolute atomic E-state index is 0.156. The Morgan fingerprint density at radius 2 is 1.69 bits per heavy atom. The number of likely N-dealkylation sites (tertiary alicyclic amines) is 1. The molecule has 0 atom stereocenters. The minimum atomic E-state index is -0.523. The van der Waals surface area contributed by atoms with Crippen molar-refractivity contribution in [1.29, 1.82) is 0 Å². The lowest BCUT2D eigenvalue weighted by Crippen LogP contribution is -2.42. The number of esters is 2. The quantitative estimate of drug-likeness (QED) is 0.717. The van der Waals surface area contributed by atoms with Crippen LogP contribution in [0.3, 0.4) is 0 Å². The van der Waals surface area contributed by atoms with E-state index in [2.05, 4.69) is 0 Å². The molecule has 1 aromatic rings. The van der Waals surface area contributed by atoms with Crippen LogP contribution in [0.5, 0.6) is 0 Å². The zero-order chi connectivity index (χ0) is 19.1. The van der Waals surface area contributed by atoms with Crippen molar-refractivity contribution < 1.29 is 23.9 Å². The van der Waals surface area contributed by atoms with E-state index in [-0.39, 0.29) is 24.4 Å². The molecule has 1 saturated heterocycles. The molecule has 0 saturated carbocycles. The lowest BCUT2D eigenvalue weighted by molar-refractivity contribution is -0.151. The molecule has 0 aliphatic carbocycles. The third kappa shape index (κ3) is 5.21. The van der Waals surface area contributed by atoms with E-state index in [1.807, 2.05) is 31.1 Å². The summed E-state index contributed by atoms with van der Waals surface area (Å²) in [4.78, 5) is 39.5. The molecular formula is C19H26N2O5. The smallest absolute Gasteiger partial charge is 0.338 e. The van der Waals surface area contributed by atoms with Gasteiger partial charge in [0.25, 0.3) is 5.91 Å². The van der Waals surface area contributed by atoms with Crippen LogP contribution < -0.4 is 4.90 Å². The highest BCUT2D eigenvalue weighted by Crippen LogP contribution is 2.19. The molecular weight excluding hydrogens is 336 g/mol. The van der Waals surface area contributed by atoms with Crippen LogP contribution in [-0.2, 0) is 19.1 Å². The van der Waals surface area contributed by atoms with Gasteiger partial charge in [-0.05, 0) is 44.0 Å². The number of hydrogen-bond donors (Lipinski definition) is 0. The van der Waals surface area contributed by atoms with Gasteiger partial charge in [0.15, 0.2) is 6.61 Å². The van der Waals surface area contributed by atoms with Gasteiger partial charge in [-0.3, -0.25) is 9.59 Å². The Hall–Kier alpha value is -2.57. The first-order valence-corrected chi connectivity index (χ1v) is 8.81. The predicted octanol–water partition coefficient (Wildman–Crippen LogP) is 1.71. The maximum Gasteiger partial charge on any atom is 0.338 e. The number of amides is 1. The summed E-state index contributed by atoms with van der Waals surface area (Å²) in [6, 6.07) is 6.98. The highest BCUT2D eigenvalue weighted by Gasteiger charge is 2.28. The number of ether oxygens (including phenoxy) is 2. The third-order valence-electron chi connectivity index (χ3n) is 4.41. The molecule has 1 amide bonds. The number of rotatable bonds is 6. The average molecular weight is 362 g/mol. The van der Waals surface area contributed by atoms with Gasteiger partial charge < -0.3 is 19.3 Å². The number of benzene rings is 1. The monoisotopic (exact) mass is 362 g/mol. The van der Waals surface area contributed by atoms with Crippen LogP contribution in [0.25, 0.3) is 0 Å². The Labute approximate surface area is 153 Å². The van der Waals surface area contributed by atoms with E-state index in [4.69, 9.17) is 9.47 Å². The molecule has 1 aliphatic heterocycles. The lowest BCUT2D eigenvalue weighted by atomic mass is 9.97. The molecule has 26 heavy (non-hydrogen) atoms. The van der Waals surface area contributed by atoms with E-state index >= 15 is 0 Å². The Kier molecular flexibility index (Phi) is 7.00. The van der Waals surface area contributed by atoms with Gasteiger partial charge in [-0.15, -0.1) is 0 Å². The van der Waals surface area contributed by atoms with E-state index in [1.54, 1.807) is 24.0 Å². The first kappa shape index (κ1) is 19.8. The van der Waals surface area contributed by atoms with Gasteiger partial charge in [-0.2, -0.15) is 0 Å². The fraction of sp³-hybridized carbons (Fsp3) is 0.526. The minimum Gasteiger partial charge on any atom is -0.466 e. The predicted molar refractivity (Wildman–Crippen MR) is 97.0 cm³/mol. The fourth-order valence-corrected chi connectivity index (χ4v) is 2.82. The third-order valence-corrected chi connectivity index (χ3v) is 4.41. The van der Waals surface area contributed by atoms with Crippen molar-refractivity contribution in [2.24, 2.45) is 5.92 Å². The number of carbonyl (C=O) groups excluding carboxylic acids is 3. The second-order valence-corrected chi connectivity index (χ2v) is 6.42. The summed E-state index contributed by atoms with van der Waals surface area (Å²) >= 11 is 0. The van der Waals surface area contributed by atoms with E-state index in [0.29, 0.717) is 38.1 Å². The van der Waals surface area contributed by atoms with Crippen molar-refractivity contribution in [3.8, 4) is 0 Å². The highest BCUT2D eigenvalue weighted by molar-refractivity contribution is 5.91. The Morgan fingerprint density at radius 3 is 2.23 bits per heavy atom. The molecule has 0 spiro atoms. The maximum absolute atomic E-state index is 12.2. The van der Waals surface area contributed by atoms with Crippen molar-refractivity contribution in [2.75, 3.05) is 45.3 Å². The Balaban J connectivity index is 1.78. The fourth-order valence-electron chi connectivity index (χ4n) is 2.82. The molecule has 142 valence electrons. The van der Waals surface area contributed by atoms with E-state index in [9.17, 15) is 14.4 Å². The van der Waals surface area contributed by atoms with E-state index in [0.717, 1.165) is 5.69 Å². The molecule has 0 N–H and O–H groups in total. The number of carbonyl (C=O) groups is 3. The molecule has 2 rings (SSSR count). The Morgan fingerprint density at radius 1 is 1.08 bits per heavy atom. The molecule has 1 fully saturated rings. The van der Waals surface area contributed by atoms with Crippen LogP contribution in [0.2, 0.25) is 0 Å². The molecule has 1 aromatic carbocycles. The lowest BCUT2D eigenvalue weighted by Gasteiger charge is -2.30. The molecule has 0 aromatic heterocycles. The molecule has 0 bridgehead atoms. The second-order valence-electron chi connectivity index (χ2n) is 6.42. The number of nitrogens with zero attached hydrogens (tertiary/aromatic N) is 2. The summed E-state index contributed by atoms with van der Waals surface area (Å²) in [7, 11) is 3.83. The molecule has 0 unspecified atom stereocenters. The van der Waals surface area contributed by atoms with Gasteiger partial charge in [-0.1, -0.05) is 0 Å². The topological polar surface area (TPSA) is 76.1 Å². The van der Waals surface area contributed by atoms with Crippen LogP contribution in [0, 0.1) is 5.92 Å². The zero-order valence-electron chi connectivity index (χ0n) is 15.6. The summed E-state index contributed by atoms with van der Waals surface area (Å²) in [5, 5.41) is 0. The largest absolute Gasteiger partial charge is 0.466 e. The van der Waals surface area contributed by atoms with Crippen LogP contribution in [0.1, 0.15) is 30.1 Å². The SMILES string of the molecule is CCOC(=O)C1CCN(C(=O)COC(=O)c2ccc(N(C)C)cc2)CC1. The molecule has 7 nitrogen and oxygen atoms in total. The second kappa shape index (κ2) is 9.22. The molecule has 0 radical (unpaired) electrons. The van der Waals surface area contributed by atoms with Gasteiger partial charge >= 0.3 is 11.9 Å². The van der Waals surface area contributed by atoms with Gasteiger partial charge in [0.05, 0.1) is 18.1 Å². The summed E-state index contributed by atoms with van der Waals surface area (Å²) in [6.45, 7) is 2.79. The maximum atomic E-state index is 12.2. The molecule has 1 aliphatic rings. The first-order chi connectivity index (χ1) is 12.4. The number of piperidine rings is 1. The zero-order valence-corrected chi connectivity index (χ0v) is 15.6. The summed E-state index contributed by atoms with van der Waals surface area (Å²) in [5.74, 6) is -1.13. The Bertz CT molecular complexity index is 634. The van der Waals surface area contributed by atoms with Gasteiger partial charge in [0.1, 0.15) is 0 Å². The van der Waals surface area contributed by atoms with Crippen LogP contribution in [0.4, 0.5) is 5.69 Å². The van der Waals surface area contributed by atoms with E-state index in [1.165, 1.54) is 0 Å². The van der Waals surface area contributed by atoms with Crippen LogP contribution in [0.15, 0.2) is 24.3 Å². The van der Waals surface area contributed by atoms with Crippen LogP contribution in [-0.4, -0.2) is 63.1 Å². The van der Waals surface area contributed by atoms with Crippen LogP contribution >= 0.6 is 0 Å². The van der Waals surface area contributed by atoms with Crippen molar-refractivity contribution >= 4 is 23.5 Å². The van der Waals surface area contributed by atoms with Crippen molar-refractivity contribution in [2.45, 2.75) is 19.8 Å². The van der Waals surface area contributed by atoms with Gasteiger partial charge in [0.2, 0.25) is 0 Å². The number of anilines is 1. The summed E-state index contributed by atoms with van der Waals surface area (Å²) in [5.41, 5.74) is 1.38. The van der Waals surface area contributed by atoms with Gasteiger partial charge in [0, 0.05) is 32.9 Å². The van der Waals surface area contributed by atoms with Crippen molar-refractivity contribution in [3.63, 3.8) is 0 Å². The average Bonchev–Trinajstić information content (AvgIpc) is 2.66. The highest BCUT2D eigenvalue weighted by atomic mass is 16.5. The van der Waals surface area contributed by atoms with E-state index < -0.39 is 5.97 Å². The normalized spacial score (nSPS) is 14.7. The van der Waals surface area contributed by atoms with Crippen molar-refractivity contribution in [3.05, 3.63) is 29.8 Å². The summed E-state index contributed by atoms with van der Waals surface area (Å²) < 4.78 is 10.1. The molecule has 1 heterocycles. The van der Waals surface area contributed by atoms with Gasteiger partial charge in [-0.25, -0.2) is 4.79 Å². The summed E-state index contributed by atoms with van der Waals surface area (Å²) in [6.07, 6.45) is 1.15.